The molecule has 1 aliphatic rings. The fourth-order valence-electron chi connectivity index (χ4n) is 2.22. The Hall–Kier alpha value is -1.16. The van der Waals surface area contributed by atoms with Crippen molar-refractivity contribution in [1.29, 1.82) is 0 Å². The number of nitrogens with zero attached hydrogens (tertiary/aromatic N) is 2. The van der Waals surface area contributed by atoms with E-state index in [1.165, 1.54) is 5.56 Å². The van der Waals surface area contributed by atoms with E-state index in [2.05, 4.69) is 35.9 Å². The molecule has 2 atom stereocenters. The van der Waals surface area contributed by atoms with Crippen molar-refractivity contribution in [3.63, 3.8) is 0 Å². The monoisotopic (exact) mass is 263 g/mol. The topological polar surface area (TPSA) is 41.6 Å². The zero-order valence-electron chi connectivity index (χ0n) is 11.0. The van der Waals surface area contributed by atoms with E-state index in [9.17, 15) is 0 Å². The largest absolute Gasteiger partial charge is 0.370 e. The summed E-state index contributed by atoms with van der Waals surface area (Å²) in [5, 5.41) is 1.25. The van der Waals surface area contributed by atoms with Crippen LogP contribution >= 0.6 is 11.8 Å². The van der Waals surface area contributed by atoms with Crippen molar-refractivity contribution < 1.29 is 0 Å². The molecule has 0 radical (unpaired) electrons. The van der Waals surface area contributed by atoms with Crippen molar-refractivity contribution in [3.8, 4) is 0 Å². The zero-order chi connectivity index (χ0) is 13.0. The SMILES string of the molecule is CC1CN(C(N)=NCc2ccccc2)CC(C)S1. The quantitative estimate of drug-likeness (QED) is 0.658. The highest BCUT2D eigenvalue weighted by Crippen LogP contribution is 2.24. The van der Waals surface area contributed by atoms with E-state index in [1.54, 1.807) is 0 Å². The average Bonchev–Trinajstić information content (AvgIpc) is 2.36. The first-order valence-electron chi connectivity index (χ1n) is 6.39. The summed E-state index contributed by atoms with van der Waals surface area (Å²) in [4.78, 5) is 6.70. The molecule has 0 aromatic heterocycles. The van der Waals surface area contributed by atoms with E-state index in [-0.39, 0.29) is 0 Å². The van der Waals surface area contributed by atoms with Crippen LogP contribution in [0.3, 0.4) is 0 Å². The second-order valence-electron chi connectivity index (χ2n) is 4.82. The van der Waals surface area contributed by atoms with E-state index < -0.39 is 0 Å². The lowest BCUT2D eigenvalue weighted by Gasteiger charge is -2.35. The second-order valence-corrected chi connectivity index (χ2v) is 6.70. The van der Waals surface area contributed by atoms with Crippen LogP contribution in [0.15, 0.2) is 35.3 Å². The first kappa shape index (κ1) is 13.3. The van der Waals surface area contributed by atoms with Gasteiger partial charge in [0.25, 0.3) is 0 Å². The fourth-order valence-corrected chi connectivity index (χ4v) is 3.55. The van der Waals surface area contributed by atoms with Crippen molar-refractivity contribution in [2.24, 2.45) is 10.7 Å². The van der Waals surface area contributed by atoms with Crippen LogP contribution in [0.1, 0.15) is 19.4 Å². The summed E-state index contributed by atoms with van der Waals surface area (Å²) in [5.41, 5.74) is 7.29. The Morgan fingerprint density at radius 1 is 1.28 bits per heavy atom. The van der Waals surface area contributed by atoms with Crippen molar-refractivity contribution in [1.82, 2.24) is 4.90 Å². The Labute approximate surface area is 113 Å². The van der Waals surface area contributed by atoms with Gasteiger partial charge in [0, 0.05) is 23.6 Å². The summed E-state index contributed by atoms with van der Waals surface area (Å²) < 4.78 is 0. The van der Waals surface area contributed by atoms with Crippen molar-refractivity contribution in [2.45, 2.75) is 30.9 Å². The Morgan fingerprint density at radius 2 is 1.89 bits per heavy atom. The van der Waals surface area contributed by atoms with E-state index in [4.69, 9.17) is 5.73 Å². The average molecular weight is 263 g/mol. The van der Waals surface area contributed by atoms with Gasteiger partial charge in [-0.3, -0.25) is 0 Å². The third kappa shape index (κ3) is 3.67. The number of guanidine groups is 1. The molecule has 3 nitrogen and oxygen atoms in total. The van der Waals surface area contributed by atoms with E-state index in [1.807, 2.05) is 30.0 Å². The van der Waals surface area contributed by atoms with Gasteiger partial charge in [0.05, 0.1) is 6.54 Å². The molecule has 98 valence electrons. The molecule has 2 rings (SSSR count). The van der Waals surface area contributed by atoms with Crippen LogP contribution in [0.2, 0.25) is 0 Å². The predicted molar refractivity (Wildman–Crippen MR) is 79.9 cm³/mol. The number of hydrogen-bond acceptors (Lipinski definition) is 2. The number of thioether (sulfide) groups is 1. The lowest BCUT2D eigenvalue weighted by molar-refractivity contribution is 0.404. The first-order valence-corrected chi connectivity index (χ1v) is 7.33. The molecule has 1 aliphatic heterocycles. The minimum Gasteiger partial charge on any atom is -0.370 e. The van der Waals surface area contributed by atoms with Gasteiger partial charge in [0.1, 0.15) is 0 Å². The van der Waals surface area contributed by atoms with Gasteiger partial charge in [-0.2, -0.15) is 11.8 Å². The molecule has 1 aromatic carbocycles. The molecule has 4 heteroatoms. The number of benzene rings is 1. The van der Waals surface area contributed by atoms with Crippen molar-refractivity contribution >= 4 is 17.7 Å². The lowest BCUT2D eigenvalue weighted by atomic mass is 10.2. The maximum atomic E-state index is 6.09. The molecule has 0 saturated carbocycles. The minimum atomic E-state index is 0.624. The van der Waals surface area contributed by atoms with Crippen LogP contribution in [0.4, 0.5) is 0 Å². The highest BCUT2D eigenvalue weighted by molar-refractivity contribution is 8.00. The Morgan fingerprint density at radius 3 is 2.50 bits per heavy atom. The molecule has 0 spiro atoms. The van der Waals surface area contributed by atoms with E-state index in [0.717, 1.165) is 13.1 Å². The van der Waals surface area contributed by atoms with E-state index in [0.29, 0.717) is 23.0 Å². The molecule has 0 amide bonds. The minimum absolute atomic E-state index is 0.624. The molecule has 2 unspecified atom stereocenters. The Balaban J connectivity index is 1.96. The molecular weight excluding hydrogens is 242 g/mol. The second kappa shape index (κ2) is 6.14. The van der Waals surface area contributed by atoms with Gasteiger partial charge >= 0.3 is 0 Å². The fraction of sp³-hybridized carbons (Fsp3) is 0.500. The summed E-state index contributed by atoms with van der Waals surface area (Å²) in [5.74, 6) is 0.679. The standard InChI is InChI=1S/C14H21N3S/c1-11-9-17(10-12(2)18-11)14(15)16-8-13-6-4-3-5-7-13/h3-7,11-12H,8-10H2,1-2H3,(H2,15,16). The number of hydrogen-bond donors (Lipinski definition) is 1. The van der Waals surface area contributed by atoms with Gasteiger partial charge in [0.2, 0.25) is 0 Å². The van der Waals surface area contributed by atoms with Gasteiger partial charge in [-0.05, 0) is 5.56 Å². The van der Waals surface area contributed by atoms with Gasteiger partial charge < -0.3 is 10.6 Å². The van der Waals surface area contributed by atoms with Gasteiger partial charge in [-0.15, -0.1) is 0 Å². The summed E-state index contributed by atoms with van der Waals surface area (Å²) in [6.07, 6.45) is 0. The molecule has 0 bridgehead atoms. The van der Waals surface area contributed by atoms with Crippen LogP contribution in [-0.4, -0.2) is 34.4 Å². The number of nitrogens with two attached hydrogens (primary N) is 1. The number of aliphatic imine (C=N–C) groups is 1. The molecule has 18 heavy (non-hydrogen) atoms. The maximum Gasteiger partial charge on any atom is 0.191 e. The van der Waals surface area contributed by atoms with Crippen LogP contribution < -0.4 is 5.73 Å². The van der Waals surface area contributed by atoms with Crippen molar-refractivity contribution in [3.05, 3.63) is 35.9 Å². The van der Waals surface area contributed by atoms with Crippen LogP contribution in [0.25, 0.3) is 0 Å². The maximum absolute atomic E-state index is 6.09. The summed E-state index contributed by atoms with van der Waals surface area (Å²) in [6.45, 7) is 7.16. The number of rotatable bonds is 2. The highest BCUT2D eigenvalue weighted by atomic mass is 32.2. The molecule has 1 fully saturated rings. The lowest BCUT2D eigenvalue weighted by Crippen LogP contribution is -2.47. The Kier molecular flexibility index (Phi) is 4.53. The zero-order valence-corrected chi connectivity index (χ0v) is 11.9. The van der Waals surface area contributed by atoms with Gasteiger partial charge in [0.15, 0.2) is 5.96 Å². The molecule has 1 aromatic rings. The predicted octanol–water partition coefficient (Wildman–Crippen LogP) is 2.33. The third-order valence-electron chi connectivity index (χ3n) is 3.01. The molecule has 0 aliphatic carbocycles. The molecule has 1 saturated heterocycles. The smallest absolute Gasteiger partial charge is 0.191 e. The molecule has 1 heterocycles. The van der Waals surface area contributed by atoms with Gasteiger partial charge in [-0.1, -0.05) is 44.2 Å². The first-order chi connectivity index (χ1) is 8.65. The van der Waals surface area contributed by atoms with Crippen LogP contribution in [-0.2, 0) is 6.54 Å². The van der Waals surface area contributed by atoms with Crippen molar-refractivity contribution in [2.75, 3.05) is 13.1 Å². The normalized spacial score (nSPS) is 25.2. The van der Waals surface area contributed by atoms with Crippen LogP contribution in [0, 0.1) is 0 Å². The summed E-state index contributed by atoms with van der Waals surface area (Å²) in [6, 6.07) is 10.2. The highest BCUT2D eigenvalue weighted by Gasteiger charge is 2.23. The van der Waals surface area contributed by atoms with Gasteiger partial charge in [-0.25, -0.2) is 4.99 Å². The summed E-state index contributed by atoms with van der Waals surface area (Å²) in [7, 11) is 0. The van der Waals surface area contributed by atoms with Crippen LogP contribution in [0.5, 0.6) is 0 Å². The molecule has 2 N–H and O–H groups in total. The van der Waals surface area contributed by atoms with E-state index >= 15 is 0 Å². The Bertz CT molecular complexity index is 395. The molecular formula is C14H21N3S. The third-order valence-corrected chi connectivity index (χ3v) is 4.24. The summed E-state index contributed by atoms with van der Waals surface area (Å²) >= 11 is 2.02.